The van der Waals surface area contributed by atoms with E-state index < -0.39 is 15.3 Å². The van der Waals surface area contributed by atoms with Gasteiger partial charge in [-0.25, -0.2) is 8.42 Å². The SMILES string of the molecule is Cn1cc(CCC2(C#N)CCS(=O)(=O)C2)cn1. The van der Waals surface area contributed by atoms with Crippen molar-refractivity contribution < 1.29 is 8.42 Å². The molecule has 1 aromatic heterocycles. The number of aryl methyl sites for hydroxylation is 2. The van der Waals surface area contributed by atoms with Gasteiger partial charge in [-0.2, -0.15) is 10.4 Å². The number of sulfone groups is 1. The number of hydrogen-bond donors (Lipinski definition) is 0. The van der Waals surface area contributed by atoms with Gasteiger partial charge in [-0.05, 0) is 24.8 Å². The molecule has 5 nitrogen and oxygen atoms in total. The zero-order valence-electron chi connectivity index (χ0n) is 9.76. The molecule has 0 aromatic carbocycles. The lowest BCUT2D eigenvalue weighted by Crippen LogP contribution is -2.21. The van der Waals surface area contributed by atoms with Crippen LogP contribution in [-0.4, -0.2) is 29.7 Å². The van der Waals surface area contributed by atoms with Gasteiger partial charge in [0.2, 0.25) is 0 Å². The Bertz CT molecular complexity index is 556. The first-order chi connectivity index (χ1) is 7.95. The normalized spacial score (nSPS) is 26.8. The number of hydrogen-bond acceptors (Lipinski definition) is 4. The third kappa shape index (κ3) is 2.67. The molecule has 1 atom stereocenters. The molecule has 1 aliphatic rings. The summed E-state index contributed by atoms with van der Waals surface area (Å²) < 4.78 is 24.6. The molecule has 0 amide bonds. The number of nitriles is 1. The summed E-state index contributed by atoms with van der Waals surface area (Å²) in [4.78, 5) is 0. The van der Waals surface area contributed by atoms with Crippen molar-refractivity contribution in [3.05, 3.63) is 18.0 Å². The lowest BCUT2D eigenvalue weighted by Gasteiger charge is -2.17. The van der Waals surface area contributed by atoms with Gasteiger partial charge in [0.1, 0.15) is 0 Å². The van der Waals surface area contributed by atoms with E-state index in [-0.39, 0.29) is 11.5 Å². The fraction of sp³-hybridized carbons (Fsp3) is 0.636. The van der Waals surface area contributed by atoms with Crippen molar-refractivity contribution in [2.24, 2.45) is 12.5 Å². The molecule has 17 heavy (non-hydrogen) atoms. The number of nitrogens with zero attached hydrogens (tertiary/aromatic N) is 3. The summed E-state index contributed by atoms with van der Waals surface area (Å²) in [6.45, 7) is 0. The average Bonchev–Trinajstić information content (AvgIpc) is 2.81. The highest BCUT2D eigenvalue weighted by atomic mass is 32.2. The van der Waals surface area contributed by atoms with Crippen LogP contribution in [0.2, 0.25) is 0 Å². The van der Waals surface area contributed by atoms with Crippen LogP contribution in [0.15, 0.2) is 12.4 Å². The van der Waals surface area contributed by atoms with Gasteiger partial charge in [0.05, 0.1) is 29.2 Å². The van der Waals surface area contributed by atoms with Crippen LogP contribution in [0.3, 0.4) is 0 Å². The van der Waals surface area contributed by atoms with Crippen LogP contribution in [0.5, 0.6) is 0 Å². The molecule has 2 rings (SSSR count). The highest BCUT2D eigenvalue weighted by Crippen LogP contribution is 2.35. The topological polar surface area (TPSA) is 75.8 Å². The lowest BCUT2D eigenvalue weighted by molar-refractivity contribution is 0.416. The molecule has 6 heteroatoms. The minimum absolute atomic E-state index is 0.0107. The molecule has 0 saturated carbocycles. The van der Waals surface area contributed by atoms with Crippen LogP contribution < -0.4 is 0 Å². The minimum Gasteiger partial charge on any atom is -0.276 e. The second-order valence-electron chi connectivity index (χ2n) is 4.76. The van der Waals surface area contributed by atoms with Crippen LogP contribution in [0.4, 0.5) is 0 Å². The standard InChI is InChI=1S/C11H15N3O2S/c1-14-7-10(6-13-14)2-3-11(8-12)4-5-17(15,16)9-11/h6-7H,2-5,9H2,1H3. The van der Waals surface area contributed by atoms with Crippen molar-refractivity contribution in [3.63, 3.8) is 0 Å². The molecule has 92 valence electrons. The van der Waals surface area contributed by atoms with E-state index in [1.807, 2.05) is 13.2 Å². The van der Waals surface area contributed by atoms with Crippen LogP contribution >= 0.6 is 0 Å². The van der Waals surface area contributed by atoms with Crippen LogP contribution in [0.1, 0.15) is 18.4 Å². The summed E-state index contributed by atoms with van der Waals surface area (Å²) in [5.74, 6) is 0.157. The predicted octanol–water partition coefficient (Wildman–Crippen LogP) is 0.681. The van der Waals surface area contributed by atoms with E-state index in [0.717, 1.165) is 5.56 Å². The summed E-state index contributed by atoms with van der Waals surface area (Å²) in [5, 5.41) is 13.3. The Morgan fingerprint density at radius 2 is 2.41 bits per heavy atom. The Morgan fingerprint density at radius 1 is 1.65 bits per heavy atom. The Hall–Kier alpha value is -1.35. The molecular weight excluding hydrogens is 238 g/mol. The van der Waals surface area contributed by atoms with E-state index in [2.05, 4.69) is 11.2 Å². The maximum absolute atomic E-state index is 11.5. The van der Waals surface area contributed by atoms with Gasteiger partial charge in [-0.3, -0.25) is 4.68 Å². The van der Waals surface area contributed by atoms with Crippen molar-refractivity contribution in [3.8, 4) is 6.07 Å². The van der Waals surface area contributed by atoms with Gasteiger partial charge >= 0.3 is 0 Å². The minimum atomic E-state index is -3.01. The van der Waals surface area contributed by atoms with E-state index in [1.165, 1.54) is 0 Å². The van der Waals surface area contributed by atoms with Gasteiger partial charge in [-0.1, -0.05) is 0 Å². The van der Waals surface area contributed by atoms with E-state index >= 15 is 0 Å². The Kier molecular flexibility index (Phi) is 2.96. The first-order valence-corrected chi connectivity index (χ1v) is 7.36. The second kappa shape index (κ2) is 4.15. The van der Waals surface area contributed by atoms with Gasteiger partial charge in [0.15, 0.2) is 9.84 Å². The molecule has 1 fully saturated rings. The first-order valence-electron chi connectivity index (χ1n) is 5.54. The smallest absolute Gasteiger partial charge is 0.151 e. The van der Waals surface area contributed by atoms with E-state index in [0.29, 0.717) is 19.3 Å². The zero-order chi connectivity index (χ0) is 12.5. The van der Waals surface area contributed by atoms with Crippen LogP contribution in [0, 0.1) is 16.7 Å². The molecule has 2 heterocycles. The maximum atomic E-state index is 11.5. The highest BCUT2D eigenvalue weighted by Gasteiger charge is 2.42. The molecule has 1 aromatic rings. The van der Waals surface area contributed by atoms with Crippen molar-refractivity contribution in [1.82, 2.24) is 9.78 Å². The summed E-state index contributed by atoms with van der Waals surface area (Å²) in [5.41, 5.74) is 0.362. The van der Waals surface area contributed by atoms with Crippen molar-refractivity contribution in [2.75, 3.05) is 11.5 Å². The third-order valence-corrected chi connectivity index (χ3v) is 5.09. The molecule has 1 aliphatic heterocycles. The first kappa shape index (κ1) is 12.1. The number of aromatic nitrogens is 2. The number of rotatable bonds is 3. The second-order valence-corrected chi connectivity index (χ2v) is 6.94. The summed E-state index contributed by atoms with van der Waals surface area (Å²) in [6, 6.07) is 2.20. The maximum Gasteiger partial charge on any atom is 0.151 e. The van der Waals surface area contributed by atoms with E-state index in [1.54, 1.807) is 10.9 Å². The van der Waals surface area contributed by atoms with Crippen molar-refractivity contribution >= 4 is 9.84 Å². The van der Waals surface area contributed by atoms with Gasteiger partial charge in [0.25, 0.3) is 0 Å². The molecule has 1 saturated heterocycles. The van der Waals surface area contributed by atoms with Gasteiger partial charge in [-0.15, -0.1) is 0 Å². The summed E-state index contributed by atoms with van der Waals surface area (Å²) >= 11 is 0. The van der Waals surface area contributed by atoms with E-state index in [9.17, 15) is 13.7 Å². The highest BCUT2D eigenvalue weighted by molar-refractivity contribution is 7.91. The molecular formula is C11H15N3O2S. The Labute approximate surface area is 101 Å². The van der Waals surface area contributed by atoms with Crippen molar-refractivity contribution in [2.45, 2.75) is 19.3 Å². The predicted molar refractivity (Wildman–Crippen MR) is 62.8 cm³/mol. The average molecular weight is 253 g/mol. The molecule has 0 bridgehead atoms. The summed E-state index contributed by atoms with van der Waals surface area (Å²) in [7, 11) is -1.17. The Morgan fingerprint density at radius 3 is 2.88 bits per heavy atom. The largest absolute Gasteiger partial charge is 0.276 e. The van der Waals surface area contributed by atoms with Crippen LogP contribution in [0.25, 0.3) is 0 Å². The Balaban J connectivity index is 2.05. The molecule has 0 spiro atoms. The van der Waals surface area contributed by atoms with E-state index in [4.69, 9.17) is 0 Å². The fourth-order valence-corrected chi connectivity index (χ4v) is 4.28. The van der Waals surface area contributed by atoms with Crippen molar-refractivity contribution in [1.29, 1.82) is 5.26 Å². The van der Waals surface area contributed by atoms with Gasteiger partial charge in [0, 0.05) is 13.2 Å². The third-order valence-electron chi connectivity index (χ3n) is 3.28. The quantitative estimate of drug-likeness (QED) is 0.794. The zero-order valence-corrected chi connectivity index (χ0v) is 10.6. The summed E-state index contributed by atoms with van der Waals surface area (Å²) in [6.07, 6.45) is 5.42. The molecule has 0 N–H and O–H groups in total. The molecule has 0 radical (unpaired) electrons. The fourth-order valence-electron chi connectivity index (χ4n) is 2.24. The lowest BCUT2D eigenvalue weighted by atomic mass is 9.83. The molecule has 1 unspecified atom stereocenters. The monoisotopic (exact) mass is 253 g/mol. The van der Waals surface area contributed by atoms with Crippen LogP contribution in [-0.2, 0) is 23.3 Å². The van der Waals surface area contributed by atoms with Gasteiger partial charge < -0.3 is 0 Å². The molecule has 0 aliphatic carbocycles.